The standard InChI is InChI=1S/C9H8F3NO/c10-9(11,12)6-2-1-3-7-8(6)13-4-5-14-7/h1-3,13H,4-5H2. The lowest BCUT2D eigenvalue weighted by molar-refractivity contribution is -0.137. The van der Waals surface area contributed by atoms with E-state index in [0.717, 1.165) is 6.07 Å². The van der Waals surface area contributed by atoms with E-state index in [9.17, 15) is 13.2 Å². The summed E-state index contributed by atoms with van der Waals surface area (Å²) < 4.78 is 42.5. The van der Waals surface area contributed by atoms with Gasteiger partial charge in [-0.3, -0.25) is 0 Å². The van der Waals surface area contributed by atoms with Crippen molar-refractivity contribution in [3.8, 4) is 5.75 Å². The van der Waals surface area contributed by atoms with Gasteiger partial charge in [0.2, 0.25) is 0 Å². The number of nitrogens with one attached hydrogen (secondary N) is 1. The molecule has 1 aliphatic heterocycles. The van der Waals surface area contributed by atoms with E-state index < -0.39 is 11.7 Å². The Morgan fingerprint density at radius 2 is 2.07 bits per heavy atom. The van der Waals surface area contributed by atoms with Gasteiger partial charge in [-0.1, -0.05) is 6.07 Å². The van der Waals surface area contributed by atoms with E-state index in [4.69, 9.17) is 4.74 Å². The van der Waals surface area contributed by atoms with Crippen molar-refractivity contribution in [2.24, 2.45) is 0 Å². The monoisotopic (exact) mass is 203 g/mol. The Labute approximate surface area is 78.7 Å². The van der Waals surface area contributed by atoms with Crippen LogP contribution in [-0.4, -0.2) is 13.2 Å². The minimum absolute atomic E-state index is 0.0475. The highest BCUT2D eigenvalue weighted by Crippen LogP contribution is 2.40. The van der Waals surface area contributed by atoms with Gasteiger partial charge in [0.25, 0.3) is 0 Å². The van der Waals surface area contributed by atoms with Gasteiger partial charge in [0.1, 0.15) is 12.4 Å². The van der Waals surface area contributed by atoms with E-state index >= 15 is 0 Å². The third-order valence-electron chi connectivity index (χ3n) is 1.99. The zero-order chi connectivity index (χ0) is 10.2. The maximum absolute atomic E-state index is 12.5. The maximum Gasteiger partial charge on any atom is 0.418 e. The summed E-state index contributed by atoms with van der Waals surface area (Å²) in [5.41, 5.74) is -0.624. The summed E-state index contributed by atoms with van der Waals surface area (Å²) >= 11 is 0. The van der Waals surface area contributed by atoms with Gasteiger partial charge in [0, 0.05) is 6.54 Å². The average Bonchev–Trinajstić information content (AvgIpc) is 2.15. The predicted octanol–water partition coefficient (Wildman–Crippen LogP) is 2.51. The number of ether oxygens (including phenoxy) is 1. The lowest BCUT2D eigenvalue weighted by Crippen LogP contribution is -2.21. The molecule has 1 aliphatic rings. The number of fused-ring (bicyclic) bond motifs is 1. The third-order valence-corrected chi connectivity index (χ3v) is 1.99. The summed E-state index contributed by atoms with van der Waals surface area (Å²) in [5, 5.41) is 2.69. The molecule has 2 nitrogen and oxygen atoms in total. The first-order chi connectivity index (χ1) is 6.59. The van der Waals surface area contributed by atoms with Crippen LogP contribution in [0, 0.1) is 0 Å². The average molecular weight is 203 g/mol. The second kappa shape index (κ2) is 3.08. The molecule has 0 atom stereocenters. The molecule has 0 unspecified atom stereocenters. The largest absolute Gasteiger partial charge is 0.490 e. The van der Waals surface area contributed by atoms with Gasteiger partial charge < -0.3 is 10.1 Å². The number of hydrogen-bond acceptors (Lipinski definition) is 2. The fourth-order valence-corrected chi connectivity index (χ4v) is 1.41. The van der Waals surface area contributed by atoms with Gasteiger partial charge in [-0.2, -0.15) is 13.2 Å². The number of rotatable bonds is 0. The highest BCUT2D eigenvalue weighted by molar-refractivity contribution is 5.64. The zero-order valence-electron chi connectivity index (χ0n) is 7.19. The Morgan fingerprint density at radius 1 is 1.29 bits per heavy atom. The molecule has 0 spiro atoms. The molecule has 0 fully saturated rings. The highest BCUT2D eigenvalue weighted by atomic mass is 19.4. The topological polar surface area (TPSA) is 21.3 Å². The van der Waals surface area contributed by atoms with Crippen LogP contribution in [0.5, 0.6) is 5.75 Å². The Bertz CT molecular complexity index is 348. The molecular weight excluding hydrogens is 195 g/mol. The first-order valence-electron chi connectivity index (χ1n) is 4.16. The van der Waals surface area contributed by atoms with E-state index in [1.54, 1.807) is 0 Å². The van der Waals surface area contributed by atoms with E-state index in [-0.39, 0.29) is 11.4 Å². The first-order valence-corrected chi connectivity index (χ1v) is 4.16. The van der Waals surface area contributed by atoms with Crippen LogP contribution in [0.2, 0.25) is 0 Å². The van der Waals surface area contributed by atoms with Crippen LogP contribution < -0.4 is 10.1 Å². The Morgan fingerprint density at radius 3 is 2.79 bits per heavy atom. The molecule has 0 amide bonds. The van der Waals surface area contributed by atoms with Crippen LogP contribution in [0.4, 0.5) is 18.9 Å². The van der Waals surface area contributed by atoms with Crippen LogP contribution in [0.1, 0.15) is 5.56 Å². The molecule has 0 aromatic heterocycles. The van der Waals surface area contributed by atoms with Crippen molar-refractivity contribution < 1.29 is 17.9 Å². The van der Waals surface area contributed by atoms with E-state index in [1.165, 1.54) is 12.1 Å². The number of hydrogen-bond donors (Lipinski definition) is 1. The van der Waals surface area contributed by atoms with Crippen LogP contribution in [-0.2, 0) is 6.18 Å². The molecular formula is C9H8F3NO. The Balaban J connectivity index is 2.51. The Hall–Kier alpha value is -1.39. The van der Waals surface area contributed by atoms with E-state index in [2.05, 4.69) is 5.32 Å². The molecule has 5 heteroatoms. The quantitative estimate of drug-likeness (QED) is 0.699. The van der Waals surface area contributed by atoms with Gasteiger partial charge >= 0.3 is 6.18 Å². The highest BCUT2D eigenvalue weighted by Gasteiger charge is 2.35. The van der Waals surface area contributed by atoms with Gasteiger partial charge in [0.15, 0.2) is 0 Å². The number of alkyl halides is 3. The van der Waals surface area contributed by atoms with E-state index in [0.29, 0.717) is 13.2 Å². The van der Waals surface area contributed by atoms with Crippen molar-refractivity contribution in [3.05, 3.63) is 23.8 Å². The van der Waals surface area contributed by atoms with Crippen LogP contribution in [0.25, 0.3) is 0 Å². The number of anilines is 1. The number of para-hydroxylation sites is 1. The molecule has 1 aromatic carbocycles. The lowest BCUT2D eigenvalue weighted by atomic mass is 10.1. The molecule has 0 radical (unpaired) electrons. The van der Waals surface area contributed by atoms with Gasteiger partial charge in [-0.25, -0.2) is 0 Å². The van der Waals surface area contributed by atoms with E-state index in [1.807, 2.05) is 0 Å². The fraction of sp³-hybridized carbons (Fsp3) is 0.333. The van der Waals surface area contributed by atoms with Crippen molar-refractivity contribution in [1.29, 1.82) is 0 Å². The van der Waals surface area contributed by atoms with Crippen molar-refractivity contribution in [2.75, 3.05) is 18.5 Å². The second-order valence-electron chi connectivity index (χ2n) is 2.95. The Kier molecular flexibility index (Phi) is 2.02. The summed E-state index contributed by atoms with van der Waals surface area (Å²) in [6.45, 7) is 0.800. The third kappa shape index (κ3) is 1.49. The van der Waals surface area contributed by atoms with Crippen LogP contribution >= 0.6 is 0 Å². The van der Waals surface area contributed by atoms with Crippen molar-refractivity contribution >= 4 is 5.69 Å². The summed E-state index contributed by atoms with van der Waals surface area (Å²) in [6.07, 6.45) is -4.33. The SMILES string of the molecule is FC(F)(F)c1cccc2c1NCCO2. The zero-order valence-corrected chi connectivity index (χ0v) is 7.19. The van der Waals surface area contributed by atoms with Gasteiger partial charge in [0.05, 0.1) is 11.3 Å². The first kappa shape index (κ1) is 9.18. The molecule has 1 N–H and O–H groups in total. The molecule has 0 aliphatic carbocycles. The summed E-state index contributed by atoms with van der Waals surface area (Å²) in [6, 6.07) is 3.91. The molecule has 1 heterocycles. The molecule has 76 valence electrons. The number of benzene rings is 1. The van der Waals surface area contributed by atoms with Crippen molar-refractivity contribution in [2.45, 2.75) is 6.18 Å². The summed E-state index contributed by atoms with van der Waals surface area (Å²) in [5.74, 6) is 0.270. The molecule has 1 aromatic rings. The van der Waals surface area contributed by atoms with Crippen LogP contribution in [0.3, 0.4) is 0 Å². The smallest absolute Gasteiger partial charge is 0.418 e. The number of halogens is 3. The van der Waals surface area contributed by atoms with Gasteiger partial charge in [-0.05, 0) is 12.1 Å². The molecule has 2 rings (SSSR count). The maximum atomic E-state index is 12.5. The molecule has 0 saturated carbocycles. The fourth-order valence-electron chi connectivity index (χ4n) is 1.41. The second-order valence-corrected chi connectivity index (χ2v) is 2.95. The minimum Gasteiger partial charge on any atom is -0.490 e. The summed E-state index contributed by atoms with van der Waals surface area (Å²) in [7, 11) is 0. The van der Waals surface area contributed by atoms with Crippen LogP contribution in [0.15, 0.2) is 18.2 Å². The summed E-state index contributed by atoms with van der Waals surface area (Å²) in [4.78, 5) is 0. The van der Waals surface area contributed by atoms with Crippen molar-refractivity contribution in [1.82, 2.24) is 0 Å². The predicted molar refractivity (Wildman–Crippen MR) is 45.4 cm³/mol. The lowest BCUT2D eigenvalue weighted by Gasteiger charge is -2.22. The molecule has 0 saturated heterocycles. The van der Waals surface area contributed by atoms with Crippen molar-refractivity contribution in [3.63, 3.8) is 0 Å². The molecule has 14 heavy (non-hydrogen) atoms. The minimum atomic E-state index is -4.33. The van der Waals surface area contributed by atoms with Gasteiger partial charge in [-0.15, -0.1) is 0 Å². The molecule has 0 bridgehead atoms. The normalized spacial score (nSPS) is 15.4.